The third kappa shape index (κ3) is 4.66. The number of fused-ring (bicyclic) bond motifs is 1. The average molecular weight is 403 g/mol. The van der Waals surface area contributed by atoms with E-state index in [9.17, 15) is 0 Å². The van der Waals surface area contributed by atoms with E-state index < -0.39 is 0 Å². The Morgan fingerprint density at radius 2 is 1.90 bits per heavy atom. The van der Waals surface area contributed by atoms with Gasteiger partial charge < -0.3 is 20.1 Å². The summed E-state index contributed by atoms with van der Waals surface area (Å²) in [6.07, 6.45) is 2.67. The molecule has 1 atom stereocenters. The van der Waals surface area contributed by atoms with E-state index in [0.717, 1.165) is 29.9 Å². The maximum atomic E-state index is 5.89. The van der Waals surface area contributed by atoms with E-state index in [1.165, 1.54) is 12.8 Å². The van der Waals surface area contributed by atoms with Gasteiger partial charge in [0, 0.05) is 13.6 Å². The lowest BCUT2D eigenvalue weighted by molar-refractivity contribution is 0.0936. The molecule has 1 aliphatic heterocycles. The number of rotatable bonds is 4. The Hall–Kier alpha value is -1.18. The van der Waals surface area contributed by atoms with Crippen LogP contribution in [0.1, 0.15) is 12.8 Å². The predicted molar refractivity (Wildman–Crippen MR) is 93.9 cm³/mol. The van der Waals surface area contributed by atoms with E-state index in [-0.39, 0.29) is 30.1 Å². The number of hydrogen-bond acceptors (Lipinski definition) is 3. The molecule has 0 radical (unpaired) electrons. The number of guanidine groups is 1. The molecule has 1 aromatic carbocycles. The van der Waals surface area contributed by atoms with Gasteiger partial charge in [-0.1, -0.05) is 12.1 Å². The summed E-state index contributed by atoms with van der Waals surface area (Å²) in [4.78, 5) is 4.21. The standard InChI is InChI=1S/C15H21N3O2.HI/c1-16-15(17-8-11-6-7-11)18-9-12-10-19-13-4-2-3-5-14(13)20-12;/h2-5,11-12H,6-10H2,1H3,(H2,16,17,18);1H. The molecule has 0 bridgehead atoms. The van der Waals surface area contributed by atoms with E-state index in [4.69, 9.17) is 9.47 Å². The molecule has 0 spiro atoms. The summed E-state index contributed by atoms with van der Waals surface area (Å²) in [6.45, 7) is 2.24. The summed E-state index contributed by atoms with van der Waals surface area (Å²) >= 11 is 0. The zero-order valence-electron chi connectivity index (χ0n) is 12.2. The number of aliphatic imine (C=N–C) groups is 1. The minimum absolute atomic E-state index is 0. The van der Waals surface area contributed by atoms with Crippen molar-refractivity contribution >= 4 is 29.9 Å². The van der Waals surface area contributed by atoms with Crippen LogP contribution in [0.2, 0.25) is 0 Å². The third-order valence-electron chi connectivity index (χ3n) is 3.54. The first-order chi connectivity index (χ1) is 9.85. The van der Waals surface area contributed by atoms with E-state index in [1.807, 2.05) is 24.3 Å². The van der Waals surface area contributed by atoms with Gasteiger partial charge >= 0.3 is 0 Å². The summed E-state index contributed by atoms with van der Waals surface area (Å²) < 4.78 is 11.6. The highest BCUT2D eigenvalue weighted by Crippen LogP contribution is 2.30. The lowest BCUT2D eigenvalue weighted by atomic mass is 10.2. The molecule has 1 unspecified atom stereocenters. The van der Waals surface area contributed by atoms with Crippen LogP contribution in [0.5, 0.6) is 11.5 Å². The fourth-order valence-electron chi connectivity index (χ4n) is 2.16. The van der Waals surface area contributed by atoms with Gasteiger partial charge in [0.1, 0.15) is 12.7 Å². The van der Waals surface area contributed by atoms with Crippen molar-refractivity contribution in [2.45, 2.75) is 18.9 Å². The molecular weight excluding hydrogens is 381 g/mol. The fourth-order valence-corrected chi connectivity index (χ4v) is 2.16. The van der Waals surface area contributed by atoms with Crippen LogP contribution in [-0.2, 0) is 0 Å². The number of halogens is 1. The molecule has 2 aliphatic rings. The first-order valence-electron chi connectivity index (χ1n) is 7.18. The summed E-state index contributed by atoms with van der Waals surface area (Å²) in [7, 11) is 1.79. The minimum Gasteiger partial charge on any atom is -0.486 e. The van der Waals surface area contributed by atoms with Gasteiger partial charge in [0.2, 0.25) is 0 Å². The molecular formula is C15H22IN3O2. The number of nitrogens with zero attached hydrogens (tertiary/aromatic N) is 1. The number of para-hydroxylation sites is 2. The Bertz CT molecular complexity index is 492. The summed E-state index contributed by atoms with van der Waals surface area (Å²) in [5.41, 5.74) is 0. The number of benzene rings is 1. The monoisotopic (exact) mass is 403 g/mol. The maximum absolute atomic E-state index is 5.89. The molecule has 21 heavy (non-hydrogen) atoms. The van der Waals surface area contributed by atoms with E-state index in [2.05, 4.69) is 15.6 Å². The second-order valence-electron chi connectivity index (χ2n) is 5.27. The smallest absolute Gasteiger partial charge is 0.191 e. The molecule has 1 fully saturated rings. The lowest BCUT2D eigenvalue weighted by Gasteiger charge is -2.27. The Balaban J connectivity index is 0.00000161. The highest BCUT2D eigenvalue weighted by Gasteiger charge is 2.22. The van der Waals surface area contributed by atoms with Crippen LogP contribution in [0.15, 0.2) is 29.3 Å². The SMILES string of the molecule is CN=C(NCC1CC1)NCC1COc2ccccc2O1.I. The van der Waals surface area contributed by atoms with Crippen molar-refractivity contribution in [3.8, 4) is 11.5 Å². The van der Waals surface area contributed by atoms with Crippen LogP contribution in [-0.4, -0.2) is 38.8 Å². The average Bonchev–Trinajstić information content (AvgIpc) is 3.31. The van der Waals surface area contributed by atoms with Crippen molar-refractivity contribution in [3.05, 3.63) is 24.3 Å². The summed E-state index contributed by atoms with van der Waals surface area (Å²) in [5.74, 6) is 3.29. The molecule has 1 heterocycles. The van der Waals surface area contributed by atoms with Gasteiger partial charge in [-0.15, -0.1) is 24.0 Å². The van der Waals surface area contributed by atoms with Crippen LogP contribution in [0.25, 0.3) is 0 Å². The van der Waals surface area contributed by atoms with Crippen LogP contribution in [0.4, 0.5) is 0 Å². The summed E-state index contributed by atoms with van der Waals surface area (Å²) in [6, 6.07) is 7.76. The molecule has 116 valence electrons. The van der Waals surface area contributed by atoms with Crippen LogP contribution in [0, 0.1) is 5.92 Å². The Morgan fingerprint density at radius 3 is 2.62 bits per heavy atom. The third-order valence-corrected chi connectivity index (χ3v) is 3.54. The molecule has 3 rings (SSSR count). The fraction of sp³-hybridized carbons (Fsp3) is 0.533. The Kier molecular flexibility index (Phi) is 5.96. The molecule has 1 saturated carbocycles. The molecule has 2 N–H and O–H groups in total. The largest absolute Gasteiger partial charge is 0.486 e. The Labute approximate surface area is 142 Å². The first kappa shape index (κ1) is 16.2. The second-order valence-corrected chi connectivity index (χ2v) is 5.27. The highest BCUT2D eigenvalue weighted by atomic mass is 127. The molecule has 1 aromatic rings. The zero-order valence-corrected chi connectivity index (χ0v) is 14.5. The van der Waals surface area contributed by atoms with Crippen molar-refractivity contribution in [2.75, 3.05) is 26.7 Å². The van der Waals surface area contributed by atoms with Gasteiger partial charge in [-0.25, -0.2) is 0 Å². The topological polar surface area (TPSA) is 54.9 Å². The van der Waals surface area contributed by atoms with Gasteiger partial charge in [-0.05, 0) is 30.9 Å². The van der Waals surface area contributed by atoms with E-state index in [1.54, 1.807) is 7.05 Å². The molecule has 5 nitrogen and oxygen atoms in total. The molecule has 0 amide bonds. The van der Waals surface area contributed by atoms with E-state index >= 15 is 0 Å². The lowest BCUT2D eigenvalue weighted by Crippen LogP contribution is -2.45. The van der Waals surface area contributed by atoms with Crippen molar-refractivity contribution in [3.63, 3.8) is 0 Å². The van der Waals surface area contributed by atoms with Crippen molar-refractivity contribution < 1.29 is 9.47 Å². The van der Waals surface area contributed by atoms with Crippen molar-refractivity contribution in [2.24, 2.45) is 10.9 Å². The van der Waals surface area contributed by atoms with Crippen LogP contribution >= 0.6 is 24.0 Å². The van der Waals surface area contributed by atoms with E-state index in [0.29, 0.717) is 13.2 Å². The molecule has 0 aromatic heterocycles. The van der Waals surface area contributed by atoms with Gasteiger partial charge in [0.25, 0.3) is 0 Å². The number of nitrogens with one attached hydrogen (secondary N) is 2. The highest BCUT2D eigenvalue weighted by molar-refractivity contribution is 14.0. The van der Waals surface area contributed by atoms with Gasteiger partial charge in [0.05, 0.1) is 6.54 Å². The van der Waals surface area contributed by atoms with Crippen molar-refractivity contribution in [1.82, 2.24) is 10.6 Å². The number of hydrogen-bond donors (Lipinski definition) is 2. The quantitative estimate of drug-likeness (QED) is 0.459. The Morgan fingerprint density at radius 1 is 1.19 bits per heavy atom. The van der Waals surface area contributed by atoms with Crippen LogP contribution in [0.3, 0.4) is 0 Å². The normalized spacial score (nSPS) is 20.4. The summed E-state index contributed by atoms with van der Waals surface area (Å²) in [5, 5.41) is 6.62. The molecule has 1 aliphatic carbocycles. The van der Waals surface area contributed by atoms with Gasteiger partial charge in [0.15, 0.2) is 17.5 Å². The number of ether oxygens (including phenoxy) is 2. The molecule has 0 saturated heterocycles. The predicted octanol–water partition coefficient (Wildman–Crippen LogP) is 2.02. The molecule has 6 heteroatoms. The van der Waals surface area contributed by atoms with Gasteiger partial charge in [-0.3, -0.25) is 4.99 Å². The van der Waals surface area contributed by atoms with Crippen molar-refractivity contribution in [1.29, 1.82) is 0 Å². The first-order valence-corrected chi connectivity index (χ1v) is 7.18. The second kappa shape index (κ2) is 7.72. The van der Waals surface area contributed by atoms with Crippen LogP contribution < -0.4 is 20.1 Å². The minimum atomic E-state index is 0. The zero-order chi connectivity index (χ0) is 13.8. The van der Waals surface area contributed by atoms with Gasteiger partial charge in [-0.2, -0.15) is 0 Å². The maximum Gasteiger partial charge on any atom is 0.191 e.